The third-order valence-corrected chi connectivity index (χ3v) is 5.50. The maximum Gasteiger partial charge on any atom is 0.303 e. The first kappa shape index (κ1) is 17.6. The minimum atomic E-state index is -0.752. The number of carboxylic acids is 1. The molecule has 138 valence electrons. The topological polar surface area (TPSA) is 42.2 Å². The Hall–Kier alpha value is -2.81. The minimum Gasteiger partial charge on any atom is -0.481 e. The van der Waals surface area contributed by atoms with E-state index in [-0.39, 0.29) is 6.42 Å². The summed E-state index contributed by atoms with van der Waals surface area (Å²) in [7, 11) is 0. The molecule has 0 saturated carbocycles. The van der Waals surface area contributed by atoms with Gasteiger partial charge in [-0.15, -0.1) is 0 Å². The lowest BCUT2D eigenvalue weighted by Gasteiger charge is -2.21. The molecule has 2 aromatic carbocycles. The molecule has 0 aliphatic heterocycles. The molecule has 4 rings (SSSR count). The van der Waals surface area contributed by atoms with Crippen molar-refractivity contribution in [2.45, 2.75) is 39.0 Å². The summed E-state index contributed by atoms with van der Waals surface area (Å²) in [6.45, 7) is 2.33. The fraction of sp³-hybridized carbons (Fsp3) is 0.292. The summed E-state index contributed by atoms with van der Waals surface area (Å²) >= 11 is 0. The zero-order chi connectivity index (χ0) is 18.8. The SMILES string of the molecule is CC1CCc2c(cc(-c3ccccc3)n2-c2cccc(CCC(=O)O)c2)C1. The third kappa shape index (κ3) is 3.68. The highest BCUT2D eigenvalue weighted by Crippen LogP contribution is 2.35. The van der Waals surface area contributed by atoms with E-state index in [9.17, 15) is 4.79 Å². The van der Waals surface area contributed by atoms with Crippen LogP contribution >= 0.6 is 0 Å². The van der Waals surface area contributed by atoms with E-state index in [2.05, 4.69) is 54.0 Å². The van der Waals surface area contributed by atoms with E-state index in [4.69, 9.17) is 5.11 Å². The number of aliphatic carboxylic acids is 1. The van der Waals surface area contributed by atoms with Gasteiger partial charge in [0.1, 0.15) is 0 Å². The van der Waals surface area contributed by atoms with Gasteiger partial charge in [-0.05, 0) is 66.5 Å². The van der Waals surface area contributed by atoms with Crippen molar-refractivity contribution in [2.75, 3.05) is 0 Å². The van der Waals surface area contributed by atoms with Gasteiger partial charge in [-0.1, -0.05) is 49.4 Å². The molecule has 1 unspecified atom stereocenters. The molecule has 0 bridgehead atoms. The van der Waals surface area contributed by atoms with Crippen LogP contribution in [0.25, 0.3) is 16.9 Å². The average molecular weight is 359 g/mol. The van der Waals surface area contributed by atoms with Crippen molar-refractivity contribution in [1.82, 2.24) is 4.57 Å². The van der Waals surface area contributed by atoms with E-state index in [1.54, 1.807) is 0 Å². The highest BCUT2D eigenvalue weighted by atomic mass is 16.4. The van der Waals surface area contributed by atoms with Crippen molar-refractivity contribution >= 4 is 5.97 Å². The van der Waals surface area contributed by atoms with Crippen LogP contribution in [0.15, 0.2) is 60.7 Å². The minimum absolute atomic E-state index is 0.163. The van der Waals surface area contributed by atoms with Crippen molar-refractivity contribution in [3.8, 4) is 16.9 Å². The molecule has 1 heterocycles. The normalized spacial score (nSPS) is 16.1. The van der Waals surface area contributed by atoms with Crippen LogP contribution in [0.4, 0.5) is 0 Å². The van der Waals surface area contributed by atoms with Gasteiger partial charge in [-0.25, -0.2) is 0 Å². The Morgan fingerprint density at radius 2 is 1.93 bits per heavy atom. The number of carbonyl (C=O) groups is 1. The zero-order valence-corrected chi connectivity index (χ0v) is 15.7. The number of hydrogen-bond acceptors (Lipinski definition) is 1. The van der Waals surface area contributed by atoms with Crippen molar-refractivity contribution in [3.63, 3.8) is 0 Å². The van der Waals surface area contributed by atoms with E-state index in [1.165, 1.54) is 28.9 Å². The molecule has 0 amide bonds. The summed E-state index contributed by atoms with van der Waals surface area (Å²) in [6, 6.07) is 21.2. The molecule has 0 radical (unpaired) electrons. The van der Waals surface area contributed by atoms with Gasteiger partial charge in [0, 0.05) is 17.8 Å². The summed E-state index contributed by atoms with van der Waals surface area (Å²) in [6.07, 6.45) is 4.15. The second kappa shape index (κ2) is 7.43. The fourth-order valence-corrected chi connectivity index (χ4v) is 4.13. The molecule has 3 nitrogen and oxygen atoms in total. The van der Waals surface area contributed by atoms with Gasteiger partial charge >= 0.3 is 5.97 Å². The van der Waals surface area contributed by atoms with Crippen LogP contribution in [0.1, 0.15) is 36.6 Å². The Balaban J connectivity index is 1.82. The van der Waals surface area contributed by atoms with Gasteiger partial charge in [0.05, 0.1) is 5.69 Å². The average Bonchev–Trinajstić information content (AvgIpc) is 3.06. The van der Waals surface area contributed by atoms with Crippen molar-refractivity contribution in [3.05, 3.63) is 77.5 Å². The van der Waals surface area contributed by atoms with Crippen LogP contribution in [0.2, 0.25) is 0 Å². The predicted octanol–water partition coefficient (Wildman–Crippen LogP) is 5.29. The lowest BCUT2D eigenvalue weighted by atomic mass is 9.89. The summed E-state index contributed by atoms with van der Waals surface area (Å²) in [5.74, 6) is -0.0309. The Labute approximate surface area is 160 Å². The molecule has 1 aromatic heterocycles. The lowest BCUT2D eigenvalue weighted by Crippen LogP contribution is -2.13. The van der Waals surface area contributed by atoms with Crippen molar-refractivity contribution < 1.29 is 9.90 Å². The molecule has 0 spiro atoms. The second-order valence-electron chi connectivity index (χ2n) is 7.61. The standard InChI is InChI=1S/C24H25NO2/c1-17-10-12-22-20(14-17)16-23(19-7-3-2-4-8-19)25(22)21-9-5-6-18(15-21)11-13-24(26)27/h2-9,15-17H,10-14H2,1H3,(H,26,27). The first-order valence-electron chi connectivity index (χ1n) is 9.72. The maximum absolute atomic E-state index is 10.9. The van der Waals surface area contributed by atoms with Crippen LogP contribution in [0.5, 0.6) is 0 Å². The number of aryl methyl sites for hydroxylation is 1. The summed E-state index contributed by atoms with van der Waals surface area (Å²) < 4.78 is 2.39. The molecular weight excluding hydrogens is 334 g/mol. The van der Waals surface area contributed by atoms with E-state index in [0.29, 0.717) is 6.42 Å². The Bertz CT molecular complexity index is 956. The summed E-state index contributed by atoms with van der Waals surface area (Å²) in [5, 5.41) is 9.00. The molecule has 3 heteroatoms. The molecule has 1 aliphatic carbocycles. The fourth-order valence-electron chi connectivity index (χ4n) is 4.13. The van der Waals surface area contributed by atoms with Gasteiger partial charge in [-0.3, -0.25) is 4.79 Å². The van der Waals surface area contributed by atoms with Crippen LogP contribution in [0.3, 0.4) is 0 Å². The molecule has 3 aromatic rings. The monoisotopic (exact) mass is 359 g/mol. The predicted molar refractivity (Wildman–Crippen MR) is 108 cm³/mol. The Morgan fingerprint density at radius 3 is 2.70 bits per heavy atom. The van der Waals surface area contributed by atoms with Crippen molar-refractivity contribution in [1.29, 1.82) is 0 Å². The van der Waals surface area contributed by atoms with Crippen LogP contribution in [0, 0.1) is 5.92 Å². The second-order valence-corrected chi connectivity index (χ2v) is 7.61. The number of fused-ring (bicyclic) bond motifs is 1. The third-order valence-electron chi connectivity index (χ3n) is 5.50. The number of benzene rings is 2. The van der Waals surface area contributed by atoms with Crippen molar-refractivity contribution in [2.24, 2.45) is 5.92 Å². The van der Waals surface area contributed by atoms with E-state index in [1.807, 2.05) is 18.2 Å². The first-order chi connectivity index (χ1) is 13.1. The highest BCUT2D eigenvalue weighted by molar-refractivity contribution is 5.68. The van der Waals surface area contributed by atoms with Gasteiger partial charge in [0.15, 0.2) is 0 Å². The number of carboxylic acid groups (broad SMARTS) is 1. The molecule has 0 saturated heterocycles. The van der Waals surface area contributed by atoms with Gasteiger partial charge in [0.25, 0.3) is 0 Å². The van der Waals surface area contributed by atoms with Crippen LogP contribution in [-0.4, -0.2) is 15.6 Å². The Kier molecular flexibility index (Phi) is 4.85. The molecule has 1 aliphatic rings. The largest absolute Gasteiger partial charge is 0.481 e. The first-order valence-corrected chi connectivity index (χ1v) is 9.72. The molecule has 0 fully saturated rings. The summed E-state index contributed by atoms with van der Waals surface area (Å²) in [4.78, 5) is 10.9. The number of nitrogens with zero attached hydrogens (tertiary/aromatic N) is 1. The van der Waals surface area contributed by atoms with Gasteiger partial charge < -0.3 is 9.67 Å². The number of rotatable bonds is 5. The van der Waals surface area contributed by atoms with Gasteiger partial charge in [0.2, 0.25) is 0 Å². The molecular formula is C24H25NO2. The molecule has 1 N–H and O–H groups in total. The summed E-state index contributed by atoms with van der Waals surface area (Å²) in [5.41, 5.74) is 7.50. The number of hydrogen-bond donors (Lipinski definition) is 1. The number of aromatic nitrogens is 1. The molecule has 27 heavy (non-hydrogen) atoms. The quantitative estimate of drug-likeness (QED) is 0.673. The van der Waals surface area contributed by atoms with Crippen LogP contribution < -0.4 is 0 Å². The van der Waals surface area contributed by atoms with E-state index >= 15 is 0 Å². The van der Waals surface area contributed by atoms with E-state index in [0.717, 1.165) is 30.0 Å². The zero-order valence-electron chi connectivity index (χ0n) is 15.7. The highest BCUT2D eigenvalue weighted by Gasteiger charge is 2.23. The molecule has 1 atom stereocenters. The van der Waals surface area contributed by atoms with Gasteiger partial charge in [-0.2, -0.15) is 0 Å². The lowest BCUT2D eigenvalue weighted by molar-refractivity contribution is -0.136. The van der Waals surface area contributed by atoms with E-state index < -0.39 is 5.97 Å². The Morgan fingerprint density at radius 1 is 1.11 bits per heavy atom. The maximum atomic E-state index is 10.9. The van der Waals surface area contributed by atoms with Crippen LogP contribution in [-0.2, 0) is 24.1 Å². The smallest absolute Gasteiger partial charge is 0.303 e.